The summed E-state index contributed by atoms with van der Waals surface area (Å²) < 4.78 is 6.63. The molecule has 2 aliphatic rings. The van der Waals surface area contributed by atoms with Gasteiger partial charge in [0.05, 0.1) is 7.11 Å². The van der Waals surface area contributed by atoms with Crippen LogP contribution in [0.15, 0.2) is 22.7 Å². The maximum absolute atomic E-state index is 5.42. The monoisotopic (exact) mass is 338 g/mol. The predicted octanol–water partition coefficient (Wildman–Crippen LogP) is 3.20. The van der Waals surface area contributed by atoms with Crippen LogP contribution in [0.25, 0.3) is 0 Å². The van der Waals surface area contributed by atoms with Crippen molar-refractivity contribution in [2.45, 2.75) is 25.3 Å². The van der Waals surface area contributed by atoms with Crippen molar-refractivity contribution in [3.63, 3.8) is 0 Å². The van der Waals surface area contributed by atoms with Crippen LogP contribution in [-0.4, -0.2) is 38.2 Å². The molecule has 3 rings (SSSR count). The average Bonchev–Trinajstić information content (AvgIpc) is 3.31. The van der Waals surface area contributed by atoms with Crippen LogP contribution in [0.3, 0.4) is 0 Å². The van der Waals surface area contributed by atoms with Crippen LogP contribution < -0.4 is 10.1 Å². The molecule has 110 valence electrons. The smallest absolute Gasteiger partial charge is 0.119 e. The number of hydrogen-bond acceptors (Lipinski definition) is 3. The van der Waals surface area contributed by atoms with E-state index < -0.39 is 0 Å². The van der Waals surface area contributed by atoms with E-state index in [0.29, 0.717) is 6.04 Å². The molecule has 1 N–H and O–H groups in total. The number of hydrogen-bond donors (Lipinski definition) is 1. The van der Waals surface area contributed by atoms with E-state index >= 15 is 0 Å². The third-order valence-corrected chi connectivity index (χ3v) is 5.13. The summed E-state index contributed by atoms with van der Waals surface area (Å²) in [5.41, 5.74) is 1.39. The highest BCUT2D eigenvalue weighted by Crippen LogP contribution is 2.42. The quantitative estimate of drug-likeness (QED) is 0.892. The van der Waals surface area contributed by atoms with Crippen LogP contribution in [0, 0.1) is 5.92 Å². The highest BCUT2D eigenvalue weighted by Gasteiger charge is 2.31. The van der Waals surface area contributed by atoms with Crippen molar-refractivity contribution >= 4 is 15.9 Å². The van der Waals surface area contributed by atoms with Gasteiger partial charge in [-0.25, -0.2) is 0 Å². The van der Waals surface area contributed by atoms with Crippen molar-refractivity contribution < 1.29 is 4.74 Å². The third kappa shape index (κ3) is 3.35. The molecule has 1 aromatic rings. The number of methoxy groups -OCH3 is 1. The molecule has 1 aliphatic heterocycles. The Hall–Kier alpha value is -0.580. The lowest BCUT2D eigenvalue weighted by atomic mass is 9.98. The summed E-state index contributed by atoms with van der Waals surface area (Å²) in [6.07, 6.45) is 4.10. The molecule has 0 radical (unpaired) electrons. The first-order valence-electron chi connectivity index (χ1n) is 7.56. The Kier molecular flexibility index (Phi) is 4.64. The number of rotatable bonds is 5. The molecule has 1 atom stereocenters. The van der Waals surface area contributed by atoms with Crippen molar-refractivity contribution in [2.24, 2.45) is 5.92 Å². The Bertz CT molecular complexity index is 456. The van der Waals surface area contributed by atoms with Gasteiger partial charge in [0.25, 0.3) is 0 Å². The Morgan fingerprint density at radius 3 is 2.75 bits per heavy atom. The molecule has 0 bridgehead atoms. The van der Waals surface area contributed by atoms with Crippen molar-refractivity contribution in [1.82, 2.24) is 10.2 Å². The molecule has 3 nitrogen and oxygen atoms in total. The van der Waals surface area contributed by atoms with E-state index in [1.807, 2.05) is 6.07 Å². The summed E-state index contributed by atoms with van der Waals surface area (Å²) in [4.78, 5) is 2.63. The van der Waals surface area contributed by atoms with Gasteiger partial charge in [0.1, 0.15) is 5.75 Å². The first kappa shape index (κ1) is 14.4. The van der Waals surface area contributed by atoms with Crippen molar-refractivity contribution in [2.75, 3.05) is 33.3 Å². The lowest BCUT2D eigenvalue weighted by Crippen LogP contribution is -2.45. The van der Waals surface area contributed by atoms with Crippen LogP contribution in [0.4, 0.5) is 0 Å². The van der Waals surface area contributed by atoms with Crippen LogP contribution in [0.1, 0.15) is 30.9 Å². The molecule has 0 unspecified atom stereocenters. The summed E-state index contributed by atoms with van der Waals surface area (Å²) in [5, 5.41) is 3.45. The molecular formula is C16H23BrN2O. The number of nitrogens with one attached hydrogen (secondary N) is 1. The molecule has 2 fully saturated rings. The summed E-state index contributed by atoms with van der Waals surface area (Å²) in [5.74, 6) is 1.88. The largest absolute Gasteiger partial charge is 0.497 e. The number of benzene rings is 1. The Balaban J connectivity index is 1.86. The number of nitrogens with zero attached hydrogens (tertiary/aromatic N) is 1. The normalized spacial score (nSPS) is 21.7. The van der Waals surface area contributed by atoms with E-state index in [-0.39, 0.29) is 0 Å². The summed E-state index contributed by atoms with van der Waals surface area (Å²) in [6.45, 7) is 4.48. The minimum absolute atomic E-state index is 0.522. The maximum Gasteiger partial charge on any atom is 0.119 e. The molecule has 4 heteroatoms. The molecule has 1 heterocycles. The van der Waals surface area contributed by atoms with Gasteiger partial charge in [0.2, 0.25) is 0 Å². The lowest BCUT2D eigenvalue weighted by molar-refractivity contribution is 0.160. The molecule has 0 spiro atoms. The minimum Gasteiger partial charge on any atom is -0.497 e. The highest BCUT2D eigenvalue weighted by atomic mass is 79.9. The summed E-state index contributed by atoms with van der Waals surface area (Å²) in [6, 6.07) is 6.88. The fourth-order valence-corrected chi connectivity index (χ4v) is 3.55. The van der Waals surface area contributed by atoms with Crippen LogP contribution in [-0.2, 0) is 0 Å². The van der Waals surface area contributed by atoms with Gasteiger partial charge < -0.3 is 10.1 Å². The molecule has 0 amide bonds. The Labute approximate surface area is 129 Å². The lowest BCUT2D eigenvalue weighted by Gasteiger charge is -2.36. The maximum atomic E-state index is 5.42. The van der Waals surface area contributed by atoms with Crippen LogP contribution in [0.2, 0.25) is 0 Å². The van der Waals surface area contributed by atoms with Gasteiger partial charge in [0.15, 0.2) is 0 Å². The van der Waals surface area contributed by atoms with E-state index in [1.54, 1.807) is 7.11 Å². The summed E-state index contributed by atoms with van der Waals surface area (Å²) >= 11 is 3.74. The fraction of sp³-hybridized carbons (Fsp3) is 0.625. The molecule has 1 saturated carbocycles. The van der Waals surface area contributed by atoms with Gasteiger partial charge in [-0.2, -0.15) is 0 Å². The molecule has 20 heavy (non-hydrogen) atoms. The van der Waals surface area contributed by atoms with Gasteiger partial charge in [-0.15, -0.1) is 0 Å². The van der Waals surface area contributed by atoms with Gasteiger partial charge in [-0.1, -0.05) is 28.8 Å². The Morgan fingerprint density at radius 1 is 1.35 bits per heavy atom. The first-order valence-corrected chi connectivity index (χ1v) is 8.35. The van der Waals surface area contributed by atoms with E-state index in [2.05, 4.69) is 38.3 Å². The minimum atomic E-state index is 0.522. The van der Waals surface area contributed by atoms with E-state index in [9.17, 15) is 0 Å². The van der Waals surface area contributed by atoms with Crippen molar-refractivity contribution in [3.8, 4) is 5.75 Å². The second-order valence-corrected chi connectivity index (χ2v) is 6.72. The summed E-state index contributed by atoms with van der Waals surface area (Å²) in [7, 11) is 1.74. The Morgan fingerprint density at radius 2 is 2.10 bits per heavy atom. The second-order valence-electron chi connectivity index (χ2n) is 5.87. The van der Waals surface area contributed by atoms with Crippen molar-refractivity contribution in [3.05, 3.63) is 28.2 Å². The zero-order valence-electron chi connectivity index (χ0n) is 12.1. The SMILES string of the molecule is COc1ccc(Br)c([C@H](CC2CC2)N2CCNCC2)c1. The molecular weight excluding hydrogens is 316 g/mol. The number of halogens is 1. The number of piperazine rings is 1. The van der Waals surface area contributed by atoms with Gasteiger partial charge in [-0.3, -0.25) is 4.90 Å². The van der Waals surface area contributed by atoms with Crippen LogP contribution in [0.5, 0.6) is 5.75 Å². The second kappa shape index (κ2) is 6.46. The first-order chi connectivity index (χ1) is 9.78. The molecule has 0 aromatic heterocycles. The molecule has 1 saturated heterocycles. The molecule has 1 aromatic carbocycles. The highest BCUT2D eigenvalue weighted by molar-refractivity contribution is 9.10. The fourth-order valence-electron chi connectivity index (χ4n) is 3.04. The van der Waals surface area contributed by atoms with Gasteiger partial charge in [0, 0.05) is 36.7 Å². The zero-order chi connectivity index (χ0) is 13.9. The zero-order valence-corrected chi connectivity index (χ0v) is 13.7. The standard InChI is InChI=1S/C16H23BrN2O/c1-20-13-4-5-15(17)14(11-13)16(10-12-2-3-12)19-8-6-18-7-9-19/h4-5,11-12,16,18H,2-3,6-10H2,1H3/t16-/m0/s1. The van der Waals surface area contributed by atoms with Gasteiger partial charge in [-0.05, 0) is 36.1 Å². The van der Waals surface area contributed by atoms with Crippen LogP contribution >= 0.6 is 15.9 Å². The third-order valence-electron chi connectivity index (χ3n) is 4.41. The van der Waals surface area contributed by atoms with E-state index in [0.717, 1.165) is 37.8 Å². The predicted molar refractivity (Wildman–Crippen MR) is 85.2 cm³/mol. The topological polar surface area (TPSA) is 24.5 Å². The van der Waals surface area contributed by atoms with E-state index in [1.165, 1.54) is 29.3 Å². The molecule has 1 aliphatic carbocycles. The number of ether oxygens (including phenoxy) is 1. The van der Waals surface area contributed by atoms with Gasteiger partial charge >= 0.3 is 0 Å². The average molecular weight is 339 g/mol. The van der Waals surface area contributed by atoms with Crippen molar-refractivity contribution in [1.29, 1.82) is 0 Å². The van der Waals surface area contributed by atoms with E-state index in [4.69, 9.17) is 4.74 Å².